The largest absolute Gasteiger partial charge is 0.448 e. The molecule has 0 N–H and O–H groups in total. The molecule has 0 unspecified atom stereocenters. The van der Waals surface area contributed by atoms with Gasteiger partial charge in [-0.25, -0.2) is 0 Å². The molecule has 1 aliphatic heterocycles. The Kier molecular flexibility index (Phi) is 2.99. The molecule has 92 valence electrons. The maximum absolute atomic E-state index is 6.07. The molecule has 0 radical (unpaired) electrons. The highest BCUT2D eigenvalue weighted by Crippen LogP contribution is 2.56. The number of benzene rings is 2. The SMILES string of the molecule is Clc1c(Cl)c(Cl)c2c(c1Cl)Oc1ccccc1O2. The predicted octanol–water partition coefficient (Wildman–Crippen LogP) is 6.20. The summed E-state index contributed by atoms with van der Waals surface area (Å²) in [5, 5.41) is 0.640. The molecule has 0 saturated heterocycles. The Bertz CT molecular complexity index is 599. The third kappa shape index (κ3) is 1.72. The maximum atomic E-state index is 6.07. The second-order valence-electron chi connectivity index (χ2n) is 3.57. The average molecular weight is 322 g/mol. The van der Waals surface area contributed by atoms with Gasteiger partial charge >= 0.3 is 0 Å². The summed E-state index contributed by atoms with van der Waals surface area (Å²) in [7, 11) is 0. The van der Waals surface area contributed by atoms with E-state index in [4.69, 9.17) is 55.9 Å². The van der Waals surface area contributed by atoms with Gasteiger partial charge in [0.1, 0.15) is 10.0 Å². The van der Waals surface area contributed by atoms with Crippen molar-refractivity contribution in [2.45, 2.75) is 0 Å². The van der Waals surface area contributed by atoms with Crippen LogP contribution in [0.4, 0.5) is 0 Å². The van der Waals surface area contributed by atoms with E-state index in [1.165, 1.54) is 0 Å². The first kappa shape index (κ1) is 12.2. The molecule has 0 amide bonds. The summed E-state index contributed by atoms with van der Waals surface area (Å²) in [5.41, 5.74) is 0. The molecule has 2 nitrogen and oxygen atoms in total. The number of rotatable bonds is 0. The smallest absolute Gasteiger partial charge is 0.191 e. The van der Waals surface area contributed by atoms with E-state index in [1.807, 2.05) is 12.1 Å². The fourth-order valence-electron chi connectivity index (χ4n) is 1.61. The first-order chi connectivity index (χ1) is 8.59. The molecule has 18 heavy (non-hydrogen) atoms. The van der Waals surface area contributed by atoms with Gasteiger partial charge in [-0.2, -0.15) is 0 Å². The summed E-state index contributed by atoms with van der Waals surface area (Å²) in [6.45, 7) is 0. The van der Waals surface area contributed by atoms with Crippen molar-refractivity contribution in [3.05, 3.63) is 44.4 Å². The molecule has 3 rings (SSSR count). The predicted molar refractivity (Wildman–Crippen MR) is 73.1 cm³/mol. The van der Waals surface area contributed by atoms with Gasteiger partial charge in [0.15, 0.2) is 23.0 Å². The van der Waals surface area contributed by atoms with Gasteiger partial charge in [0.2, 0.25) is 0 Å². The number of fused-ring (bicyclic) bond motifs is 2. The van der Waals surface area contributed by atoms with Crippen LogP contribution in [0, 0.1) is 0 Å². The van der Waals surface area contributed by atoms with Gasteiger partial charge in [-0.15, -0.1) is 0 Å². The Morgan fingerprint density at radius 3 is 1.39 bits per heavy atom. The van der Waals surface area contributed by atoms with Crippen LogP contribution in [0.1, 0.15) is 0 Å². The van der Waals surface area contributed by atoms with Crippen LogP contribution in [0.25, 0.3) is 0 Å². The Morgan fingerprint density at radius 2 is 1.00 bits per heavy atom. The van der Waals surface area contributed by atoms with Crippen molar-refractivity contribution in [3.63, 3.8) is 0 Å². The lowest BCUT2D eigenvalue weighted by Crippen LogP contribution is -2.00. The minimum Gasteiger partial charge on any atom is -0.448 e. The van der Waals surface area contributed by atoms with Crippen LogP contribution < -0.4 is 9.47 Å². The zero-order valence-corrected chi connectivity index (χ0v) is 11.7. The van der Waals surface area contributed by atoms with Crippen molar-refractivity contribution < 1.29 is 9.47 Å². The molecule has 0 aromatic heterocycles. The van der Waals surface area contributed by atoms with Crippen molar-refractivity contribution in [2.75, 3.05) is 0 Å². The summed E-state index contributed by atoms with van der Waals surface area (Å²) in [6.07, 6.45) is 0. The summed E-state index contributed by atoms with van der Waals surface area (Å²) in [4.78, 5) is 0. The van der Waals surface area contributed by atoms with Crippen LogP contribution in [-0.2, 0) is 0 Å². The summed E-state index contributed by atoms with van der Waals surface area (Å²) in [5.74, 6) is 1.63. The maximum Gasteiger partial charge on any atom is 0.191 e. The molecular formula is C12H4Cl4O2. The number of ether oxygens (including phenoxy) is 2. The lowest BCUT2D eigenvalue weighted by molar-refractivity contribution is 0.360. The Morgan fingerprint density at radius 1 is 0.611 bits per heavy atom. The van der Waals surface area contributed by atoms with E-state index in [0.717, 1.165) is 0 Å². The number of para-hydroxylation sites is 2. The zero-order valence-electron chi connectivity index (χ0n) is 8.64. The highest BCUT2D eigenvalue weighted by molar-refractivity contribution is 6.53. The number of halogens is 4. The Balaban J connectivity index is 2.25. The summed E-state index contributed by atoms with van der Waals surface area (Å²) < 4.78 is 11.3. The van der Waals surface area contributed by atoms with E-state index in [0.29, 0.717) is 11.5 Å². The minimum absolute atomic E-state index is 0.144. The van der Waals surface area contributed by atoms with Gasteiger partial charge in [0, 0.05) is 0 Å². The van der Waals surface area contributed by atoms with Crippen LogP contribution >= 0.6 is 46.4 Å². The van der Waals surface area contributed by atoms with Gasteiger partial charge in [-0.05, 0) is 12.1 Å². The molecule has 2 aromatic rings. The van der Waals surface area contributed by atoms with Crippen molar-refractivity contribution >= 4 is 46.4 Å². The highest BCUT2D eigenvalue weighted by atomic mass is 35.5. The molecular weight excluding hydrogens is 318 g/mol. The average Bonchev–Trinajstić information content (AvgIpc) is 2.41. The van der Waals surface area contributed by atoms with Crippen LogP contribution in [0.3, 0.4) is 0 Å². The quantitative estimate of drug-likeness (QED) is 0.362. The molecule has 0 aliphatic carbocycles. The number of hydrogen-bond donors (Lipinski definition) is 0. The van der Waals surface area contributed by atoms with E-state index >= 15 is 0 Å². The standard InChI is InChI=1S/C12H4Cl4O2/c13-7-8(14)10(16)12-11(9(7)15)17-5-3-1-2-4-6(5)18-12/h1-4H. The van der Waals surface area contributed by atoms with Gasteiger partial charge in [0.05, 0.1) is 10.0 Å². The second-order valence-corrected chi connectivity index (χ2v) is 5.08. The van der Waals surface area contributed by atoms with Crippen LogP contribution in [0.5, 0.6) is 23.0 Å². The molecule has 1 heterocycles. The fourth-order valence-corrected chi connectivity index (χ4v) is 2.51. The van der Waals surface area contributed by atoms with E-state index < -0.39 is 0 Å². The molecule has 0 atom stereocenters. The number of hydrogen-bond acceptors (Lipinski definition) is 2. The lowest BCUT2D eigenvalue weighted by Gasteiger charge is -2.23. The molecule has 2 aromatic carbocycles. The molecule has 0 spiro atoms. The lowest BCUT2D eigenvalue weighted by atomic mass is 10.2. The third-order valence-corrected chi connectivity index (χ3v) is 4.22. The molecule has 1 aliphatic rings. The fraction of sp³-hybridized carbons (Fsp3) is 0. The van der Waals surface area contributed by atoms with Crippen LogP contribution in [-0.4, -0.2) is 0 Å². The van der Waals surface area contributed by atoms with Crippen molar-refractivity contribution in [1.82, 2.24) is 0 Å². The van der Waals surface area contributed by atoms with Crippen molar-refractivity contribution in [3.8, 4) is 23.0 Å². The van der Waals surface area contributed by atoms with E-state index in [2.05, 4.69) is 0 Å². The second kappa shape index (κ2) is 4.39. The normalized spacial score (nSPS) is 12.2. The Labute approximate surface area is 123 Å². The van der Waals surface area contributed by atoms with Gasteiger partial charge in [0.25, 0.3) is 0 Å². The monoisotopic (exact) mass is 320 g/mol. The molecule has 0 bridgehead atoms. The van der Waals surface area contributed by atoms with Gasteiger partial charge < -0.3 is 9.47 Å². The van der Waals surface area contributed by atoms with E-state index in [9.17, 15) is 0 Å². The van der Waals surface area contributed by atoms with Gasteiger partial charge in [-0.3, -0.25) is 0 Å². The summed E-state index contributed by atoms with van der Waals surface area (Å²) in [6, 6.07) is 7.15. The highest BCUT2D eigenvalue weighted by Gasteiger charge is 2.28. The molecule has 6 heteroatoms. The van der Waals surface area contributed by atoms with E-state index in [1.54, 1.807) is 12.1 Å². The van der Waals surface area contributed by atoms with Gasteiger partial charge in [-0.1, -0.05) is 58.5 Å². The van der Waals surface area contributed by atoms with Crippen molar-refractivity contribution in [2.24, 2.45) is 0 Å². The first-order valence-corrected chi connectivity index (χ1v) is 6.41. The Hall–Kier alpha value is -0.800. The van der Waals surface area contributed by atoms with E-state index in [-0.39, 0.29) is 31.6 Å². The van der Waals surface area contributed by atoms with Crippen LogP contribution in [0.15, 0.2) is 24.3 Å². The zero-order chi connectivity index (χ0) is 12.9. The summed E-state index contributed by atoms with van der Waals surface area (Å²) >= 11 is 24.1. The van der Waals surface area contributed by atoms with Crippen molar-refractivity contribution in [1.29, 1.82) is 0 Å². The molecule has 0 fully saturated rings. The first-order valence-electron chi connectivity index (χ1n) is 4.90. The third-order valence-electron chi connectivity index (χ3n) is 2.46. The topological polar surface area (TPSA) is 18.5 Å². The minimum atomic E-state index is 0.144. The van der Waals surface area contributed by atoms with Crippen LogP contribution in [0.2, 0.25) is 20.1 Å². The molecule has 0 saturated carbocycles.